The van der Waals surface area contributed by atoms with Crippen LogP contribution in [0.5, 0.6) is 0 Å². The van der Waals surface area contributed by atoms with Gasteiger partial charge in [0.05, 0.1) is 6.10 Å². The summed E-state index contributed by atoms with van der Waals surface area (Å²) in [5.74, 6) is 3.13. The van der Waals surface area contributed by atoms with E-state index in [2.05, 4.69) is 23.9 Å². The number of hydrogen-bond donors (Lipinski definition) is 1. The fourth-order valence-corrected chi connectivity index (χ4v) is 7.39. The lowest BCUT2D eigenvalue weighted by Crippen LogP contribution is -2.54. The molecule has 23 heavy (non-hydrogen) atoms. The zero-order valence-corrected chi connectivity index (χ0v) is 14.6. The molecule has 4 nitrogen and oxygen atoms in total. The molecule has 0 heterocycles. The van der Waals surface area contributed by atoms with Gasteiger partial charge in [-0.3, -0.25) is 0 Å². The minimum Gasteiger partial charge on any atom is -0.393 e. The van der Waals surface area contributed by atoms with Crippen molar-refractivity contribution in [2.45, 2.75) is 83.8 Å². The highest BCUT2D eigenvalue weighted by Gasteiger charge is 2.59. The van der Waals surface area contributed by atoms with Crippen molar-refractivity contribution in [2.75, 3.05) is 0 Å². The van der Waals surface area contributed by atoms with E-state index in [1.165, 1.54) is 38.5 Å². The number of aliphatic hydroxyl groups excluding tert-OH is 1. The molecule has 1 N–H and O–H groups in total. The molecule has 4 rings (SSSR count). The highest BCUT2D eigenvalue weighted by Crippen LogP contribution is 2.66. The van der Waals surface area contributed by atoms with Gasteiger partial charge in [0, 0.05) is 11.0 Å². The van der Waals surface area contributed by atoms with E-state index in [0.29, 0.717) is 5.41 Å². The summed E-state index contributed by atoms with van der Waals surface area (Å²) < 4.78 is 0. The van der Waals surface area contributed by atoms with Crippen LogP contribution >= 0.6 is 0 Å². The molecule has 0 spiro atoms. The van der Waals surface area contributed by atoms with Crippen molar-refractivity contribution in [3.63, 3.8) is 0 Å². The number of nitrogens with zero attached hydrogens (tertiary/aromatic N) is 3. The largest absolute Gasteiger partial charge is 0.393 e. The number of rotatable bonds is 1. The Hall–Kier alpha value is -0.730. The molecule has 4 fully saturated rings. The molecule has 128 valence electrons. The van der Waals surface area contributed by atoms with Gasteiger partial charge < -0.3 is 5.11 Å². The molecule has 4 aliphatic carbocycles. The number of aliphatic hydroxyl groups is 1. The van der Waals surface area contributed by atoms with Crippen LogP contribution in [0, 0.1) is 34.5 Å². The van der Waals surface area contributed by atoms with Crippen LogP contribution in [0.2, 0.25) is 0 Å². The quantitative estimate of drug-likeness (QED) is 0.409. The van der Waals surface area contributed by atoms with Crippen LogP contribution in [-0.4, -0.2) is 17.3 Å². The van der Waals surface area contributed by atoms with Crippen LogP contribution in [0.25, 0.3) is 10.4 Å². The molecule has 0 amide bonds. The third-order valence-electron chi connectivity index (χ3n) is 8.80. The van der Waals surface area contributed by atoms with E-state index in [0.717, 1.165) is 42.9 Å². The molecule has 4 heteroatoms. The van der Waals surface area contributed by atoms with Gasteiger partial charge in [-0.15, -0.1) is 0 Å². The van der Waals surface area contributed by atoms with Crippen molar-refractivity contribution in [1.82, 2.24) is 0 Å². The monoisotopic (exact) mass is 317 g/mol. The highest BCUT2D eigenvalue weighted by molar-refractivity contribution is 5.09. The lowest BCUT2D eigenvalue weighted by molar-refractivity contribution is -0.122. The minimum absolute atomic E-state index is 0.0697. The van der Waals surface area contributed by atoms with E-state index in [1.807, 2.05) is 0 Å². The van der Waals surface area contributed by atoms with Crippen molar-refractivity contribution in [3.05, 3.63) is 10.4 Å². The second-order valence-corrected chi connectivity index (χ2v) is 9.43. The fourth-order valence-electron chi connectivity index (χ4n) is 7.39. The molecule has 0 aromatic rings. The Bertz CT molecular complexity index is 531. The van der Waals surface area contributed by atoms with Gasteiger partial charge in [0.25, 0.3) is 0 Å². The maximum Gasteiger partial charge on any atom is 0.0596 e. The van der Waals surface area contributed by atoms with Crippen LogP contribution < -0.4 is 0 Å². The SMILES string of the molecule is C[C@]12CC[C@@H](N=[N+]=[N-])C[C@@H]1CC[C@H]1[C@H]2CC[C@]2(C)[C@H](O)CC[C@H]12. The van der Waals surface area contributed by atoms with E-state index in [4.69, 9.17) is 5.53 Å². The molecule has 0 unspecified atom stereocenters. The third-order valence-corrected chi connectivity index (χ3v) is 8.80. The average Bonchev–Trinajstić information content (AvgIpc) is 2.84. The number of hydrogen-bond acceptors (Lipinski definition) is 2. The zero-order valence-electron chi connectivity index (χ0n) is 14.6. The van der Waals surface area contributed by atoms with E-state index in [-0.39, 0.29) is 17.6 Å². The molecule has 0 aromatic heterocycles. The molecule has 0 aliphatic heterocycles. The van der Waals surface area contributed by atoms with Crippen LogP contribution in [0.15, 0.2) is 5.11 Å². The predicted molar refractivity (Wildman–Crippen MR) is 90.7 cm³/mol. The van der Waals surface area contributed by atoms with E-state index < -0.39 is 0 Å². The van der Waals surface area contributed by atoms with Gasteiger partial charge in [-0.2, -0.15) is 0 Å². The normalized spacial score (nSPS) is 55.3. The van der Waals surface area contributed by atoms with Gasteiger partial charge in [-0.25, -0.2) is 0 Å². The molecule has 0 bridgehead atoms. The summed E-state index contributed by atoms with van der Waals surface area (Å²) in [6.45, 7) is 4.90. The first kappa shape index (κ1) is 15.8. The van der Waals surface area contributed by atoms with Gasteiger partial charge in [0.1, 0.15) is 0 Å². The van der Waals surface area contributed by atoms with Gasteiger partial charge in [-0.05, 0) is 97.8 Å². The van der Waals surface area contributed by atoms with Crippen molar-refractivity contribution in [3.8, 4) is 0 Å². The Morgan fingerprint density at radius 3 is 2.48 bits per heavy atom. The van der Waals surface area contributed by atoms with Crippen LogP contribution in [0.4, 0.5) is 0 Å². The Morgan fingerprint density at radius 1 is 0.957 bits per heavy atom. The second kappa shape index (κ2) is 5.39. The molecular formula is C19H31N3O. The molecule has 4 aliphatic rings. The van der Waals surface area contributed by atoms with E-state index in [1.54, 1.807) is 0 Å². The average molecular weight is 317 g/mol. The van der Waals surface area contributed by atoms with E-state index >= 15 is 0 Å². The maximum atomic E-state index is 10.5. The summed E-state index contributed by atoms with van der Waals surface area (Å²) in [7, 11) is 0. The summed E-state index contributed by atoms with van der Waals surface area (Å²) in [5, 5.41) is 14.5. The van der Waals surface area contributed by atoms with Gasteiger partial charge in [0.15, 0.2) is 0 Å². The molecule has 0 radical (unpaired) electrons. The summed E-state index contributed by atoms with van der Waals surface area (Å²) >= 11 is 0. The molecule has 8 atom stereocenters. The van der Waals surface area contributed by atoms with Crippen molar-refractivity contribution in [2.24, 2.45) is 39.6 Å². The second-order valence-electron chi connectivity index (χ2n) is 9.43. The topological polar surface area (TPSA) is 69.0 Å². The number of fused-ring (bicyclic) bond motifs is 5. The summed E-state index contributed by atoms with van der Waals surface area (Å²) in [6.07, 6.45) is 10.7. The Labute approximate surface area is 139 Å². The van der Waals surface area contributed by atoms with Crippen molar-refractivity contribution < 1.29 is 5.11 Å². The Balaban J connectivity index is 1.58. The van der Waals surface area contributed by atoms with Gasteiger partial charge in [-0.1, -0.05) is 19.0 Å². The maximum absolute atomic E-state index is 10.5. The first-order chi connectivity index (χ1) is 11.0. The Kier molecular flexibility index (Phi) is 3.70. The van der Waals surface area contributed by atoms with Gasteiger partial charge in [0.2, 0.25) is 0 Å². The molecular weight excluding hydrogens is 286 g/mol. The van der Waals surface area contributed by atoms with E-state index in [9.17, 15) is 5.11 Å². The summed E-state index contributed by atoms with van der Waals surface area (Å²) in [6, 6.07) is 0.233. The smallest absolute Gasteiger partial charge is 0.0596 e. The molecule has 4 saturated carbocycles. The van der Waals surface area contributed by atoms with Crippen LogP contribution in [0.3, 0.4) is 0 Å². The predicted octanol–water partition coefficient (Wildman–Crippen LogP) is 5.07. The lowest BCUT2D eigenvalue weighted by atomic mass is 9.45. The first-order valence-electron chi connectivity index (χ1n) is 9.71. The fraction of sp³-hybridized carbons (Fsp3) is 1.00. The zero-order chi connectivity index (χ0) is 16.2. The van der Waals surface area contributed by atoms with Crippen molar-refractivity contribution in [1.29, 1.82) is 0 Å². The standard InChI is InChI=1S/C19H31N3O/c1-18-9-7-13(21-22-20)11-12(18)3-4-14-15-5-6-17(23)19(15,2)10-8-16(14)18/h12-17,23H,3-11H2,1-2H3/t12-,13+,14+,15+,16+,17+,18-,19-/m0/s1. The lowest BCUT2D eigenvalue weighted by Gasteiger charge is -2.60. The van der Waals surface area contributed by atoms with Crippen LogP contribution in [0.1, 0.15) is 71.6 Å². The highest BCUT2D eigenvalue weighted by atomic mass is 16.3. The minimum atomic E-state index is -0.0697. The van der Waals surface area contributed by atoms with Crippen molar-refractivity contribution >= 4 is 0 Å². The molecule has 0 saturated heterocycles. The van der Waals surface area contributed by atoms with Crippen LogP contribution in [-0.2, 0) is 0 Å². The molecule has 0 aromatic carbocycles. The first-order valence-corrected chi connectivity index (χ1v) is 9.71. The summed E-state index contributed by atoms with van der Waals surface area (Å²) in [5.41, 5.74) is 9.39. The van der Waals surface area contributed by atoms with Gasteiger partial charge >= 0.3 is 0 Å². The number of azide groups is 1. The Morgan fingerprint density at radius 2 is 1.70 bits per heavy atom. The summed E-state index contributed by atoms with van der Waals surface area (Å²) in [4.78, 5) is 3.06. The third kappa shape index (κ3) is 2.17.